The number of hydrogen-bond acceptors (Lipinski definition) is 3. The summed E-state index contributed by atoms with van der Waals surface area (Å²) in [5.74, 6) is 0.931. The van der Waals surface area contributed by atoms with Crippen molar-refractivity contribution < 1.29 is 9.21 Å². The van der Waals surface area contributed by atoms with E-state index in [0.717, 1.165) is 18.8 Å². The van der Waals surface area contributed by atoms with Crippen LogP contribution in [0.5, 0.6) is 0 Å². The van der Waals surface area contributed by atoms with Crippen LogP contribution in [-0.4, -0.2) is 34.4 Å². The monoisotopic (exact) mass is 259 g/mol. The van der Waals surface area contributed by atoms with E-state index < -0.39 is 0 Å². The van der Waals surface area contributed by atoms with E-state index in [9.17, 15) is 4.79 Å². The first-order valence-corrected chi connectivity index (χ1v) is 6.52. The summed E-state index contributed by atoms with van der Waals surface area (Å²) in [6, 6.07) is 1.62. The molecule has 16 heavy (non-hydrogen) atoms. The van der Waals surface area contributed by atoms with Gasteiger partial charge >= 0.3 is 0 Å². The van der Waals surface area contributed by atoms with Crippen LogP contribution in [-0.2, 0) is 0 Å². The number of amides is 1. The van der Waals surface area contributed by atoms with Gasteiger partial charge in [-0.1, -0.05) is 0 Å². The van der Waals surface area contributed by atoms with Crippen LogP contribution in [0.3, 0.4) is 0 Å². The predicted molar refractivity (Wildman–Crippen MR) is 66.2 cm³/mol. The van der Waals surface area contributed by atoms with Crippen LogP contribution < -0.4 is 0 Å². The van der Waals surface area contributed by atoms with Crippen molar-refractivity contribution in [2.75, 3.05) is 18.8 Å². The van der Waals surface area contributed by atoms with E-state index in [1.807, 2.05) is 16.7 Å². The van der Waals surface area contributed by atoms with Crippen molar-refractivity contribution in [3.8, 4) is 0 Å². The maximum absolute atomic E-state index is 12.1. The third-order valence-corrected chi connectivity index (χ3v) is 4.15. The van der Waals surface area contributed by atoms with Gasteiger partial charge in [-0.15, -0.1) is 0 Å². The van der Waals surface area contributed by atoms with Gasteiger partial charge in [0.05, 0.1) is 11.8 Å². The fraction of sp³-hybridized carbons (Fsp3) is 0.545. The highest BCUT2D eigenvalue weighted by Gasteiger charge is 2.31. The second-order valence-corrected chi connectivity index (χ2v) is 6.59. The minimum Gasteiger partial charge on any atom is -0.452 e. The quantitative estimate of drug-likeness (QED) is 0.778. The molecule has 0 N–H and O–H groups in total. The number of rotatable bonds is 1. The molecular weight excluding hydrogens is 246 g/mol. The minimum absolute atomic E-state index is 0.0351. The fourth-order valence-corrected chi connectivity index (χ4v) is 3.11. The summed E-state index contributed by atoms with van der Waals surface area (Å²) >= 11 is 7.70. The maximum atomic E-state index is 12.1. The third-order valence-electron chi connectivity index (χ3n) is 2.56. The zero-order valence-corrected chi connectivity index (χ0v) is 10.9. The number of carbonyl (C=O) groups excluding carboxylic acids is 1. The van der Waals surface area contributed by atoms with Crippen LogP contribution in [0.15, 0.2) is 16.7 Å². The highest BCUT2D eigenvalue weighted by atomic mass is 35.5. The predicted octanol–water partition coefficient (Wildman–Crippen LogP) is 2.90. The number of halogens is 1. The lowest BCUT2D eigenvalue weighted by Gasteiger charge is -2.37. The summed E-state index contributed by atoms with van der Waals surface area (Å²) < 4.78 is 5.06. The number of thioether (sulfide) groups is 1. The molecule has 3 nitrogen and oxygen atoms in total. The lowest BCUT2D eigenvalue weighted by molar-refractivity contribution is 0.0747. The summed E-state index contributed by atoms with van der Waals surface area (Å²) in [6.07, 6.45) is 1.44. The fourth-order valence-electron chi connectivity index (χ4n) is 1.81. The third kappa shape index (κ3) is 2.38. The summed E-state index contributed by atoms with van der Waals surface area (Å²) in [6.45, 7) is 5.81. The molecular formula is C11H14ClNO2S. The van der Waals surface area contributed by atoms with Crippen LogP contribution in [0.2, 0.25) is 5.22 Å². The molecule has 1 aliphatic rings. The van der Waals surface area contributed by atoms with Gasteiger partial charge in [0.15, 0.2) is 0 Å². The first-order chi connectivity index (χ1) is 7.49. The molecule has 5 heteroatoms. The van der Waals surface area contributed by atoms with E-state index in [1.165, 1.54) is 6.26 Å². The topological polar surface area (TPSA) is 33.5 Å². The van der Waals surface area contributed by atoms with Crippen molar-refractivity contribution in [2.24, 2.45) is 0 Å². The minimum atomic E-state index is -0.0351. The molecule has 1 saturated heterocycles. The largest absolute Gasteiger partial charge is 0.452 e. The normalized spacial score (nSPS) is 19.8. The number of carbonyl (C=O) groups is 1. The molecule has 0 aromatic carbocycles. The van der Waals surface area contributed by atoms with Crippen molar-refractivity contribution in [3.05, 3.63) is 23.1 Å². The van der Waals surface area contributed by atoms with Crippen molar-refractivity contribution in [3.63, 3.8) is 0 Å². The van der Waals surface area contributed by atoms with Crippen LogP contribution in [0.25, 0.3) is 0 Å². The SMILES string of the molecule is CC1(C)CN(C(=O)c2ccoc2Cl)CCS1. The molecule has 1 aromatic rings. The highest BCUT2D eigenvalue weighted by Crippen LogP contribution is 2.31. The van der Waals surface area contributed by atoms with Crippen LogP contribution in [0.1, 0.15) is 24.2 Å². The Kier molecular flexibility index (Phi) is 3.22. The smallest absolute Gasteiger partial charge is 0.258 e. The lowest BCUT2D eigenvalue weighted by atomic mass is 10.1. The average molecular weight is 260 g/mol. The van der Waals surface area contributed by atoms with E-state index in [1.54, 1.807) is 6.07 Å². The van der Waals surface area contributed by atoms with Gasteiger partial charge in [-0.05, 0) is 31.5 Å². The van der Waals surface area contributed by atoms with Crippen molar-refractivity contribution in [1.29, 1.82) is 0 Å². The zero-order chi connectivity index (χ0) is 11.8. The van der Waals surface area contributed by atoms with Crippen molar-refractivity contribution in [1.82, 2.24) is 4.90 Å². The first kappa shape index (κ1) is 11.9. The molecule has 0 aliphatic carbocycles. The summed E-state index contributed by atoms with van der Waals surface area (Å²) in [7, 11) is 0. The van der Waals surface area contributed by atoms with Gasteiger partial charge < -0.3 is 9.32 Å². The molecule has 88 valence electrons. The van der Waals surface area contributed by atoms with Crippen LogP contribution in [0, 0.1) is 0 Å². The van der Waals surface area contributed by atoms with Gasteiger partial charge in [0.25, 0.3) is 5.91 Å². The Hall–Kier alpha value is -0.610. The molecule has 1 fully saturated rings. The number of furan rings is 1. The Morgan fingerprint density at radius 2 is 2.38 bits per heavy atom. The van der Waals surface area contributed by atoms with E-state index in [4.69, 9.17) is 16.0 Å². The van der Waals surface area contributed by atoms with E-state index in [-0.39, 0.29) is 15.9 Å². The van der Waals surface area contributed by atoms with E-state index >= 15 is 0 Å². The molecule has 0 saturated carbocycles. The van der Waals surface area contributed by atoms with Gasteiger partial charge in [-0.2, -0.15) is 11.8 Å². The molecule has 1 amide bonds. The molecule has 1 aromatic heterocycles. The van der Waals surface area contributed by atoms with Crippen LogP contribution >= 0.6 is 23.4 Å². The number of nitrogens with zero attached hydrogens (tertiary/aromatic N) is 1. The molecule has 2 heterocycles. The lowest BCUT2D eigenvalue weighted by Crippen LogP contribution is -2.46. The van der Waals surface area contributed by atoms with Crippen LogP contribution in [0.4, 0.5) is 0 Å². The molecule has 2 rings (SSSR count). The van der Waals surface area contributed by atoms with Gasteiger partial charge in [0.2, 0.25) is 5.22 Å². The Morgan fingerprint density at radius 1 is 1.62 bits per heavy atom. The average Bonchev–Trinajstić information content (AvgIpc) is 2.62. The standard InChI is InChI=1S/C11H14ClNO2S/c1-11(2)7-13(4-6-16-11)10(14)8-3-5-15-9(8)12/h3,5H,4,6-7H2,1-2H3. The van der Waals surface area contributed by atoms with Gasteiger partial charge in [0, 0.05) is 23.6 Å². The molecule has 0 radical (unpaired) electrons. The molecule has 0 spiro atoms. The maximum Gasteiger partial charge on any atom is 0.258 e. The Balaban J connectivity index is 2.14. The summed E-state index contributed by atoms with van der Waals surface area (Å²) in [5, 5.41) is 0.182. The van der Waals surface area contributed by atoms with E-state index in [2.05, 4.69) is 13.8 Å². The van der Waals surface area contributed by atoms with Crippen molar-refractivity contribution >= 4 is 29.3 Å². The first-order valence-electron chi connectivity index (χ1n) is 5.16. The van der Waals surface area contributed by atoms with Gasteiger partial charge in [-0.3, -0.25) is 4.79 Å². The molecule has 0 atom stereocenters. The summed E-state index contributed by atoms with van der Waals surface area (Å²) in [4.78, 5) is 14.0. The van der Waals surface area contributed by atoms with Crippen molar-refractivity contribution in [2.45, 2.75) is 18.6 Å². The highest BCUT2D eigenvalue weighted by molar-refractivity contribution is 8.00. The number of hydrogen-bond donors (Lipinski definition) is 0. The van der Waals surface area contributed by atoms with Gasteiger partial charge in [0.1, 0.15) is 0 Å². The molecule has 1 aliphatic heterocycles. The van der Waals surface area contributed by atoms with E-state index in [0.29, 0.717) is 5.56 Å². The molecule has 0 bridgehead atoms. The Labute approximate surface area is 104 Å². The summed E-state index contributed by atoms with van der Waals surface area (Å²) in [5.41, 5.74) is 0.462. The zero-order valence-electron chi connectivity index (χ0n) is 9.33. The second-order valence-electron chi connectivity index (χ2n) is 4.44. The van der Waals surface area contributed by atoms with Gasteiger partial charge in [-0.25, -0.2) is 0 Å². The molecule has 0 unspecified atom stereocenters. The Bertz CT molecular complexity index is 402. The second kappa shape index (κ2) is 4.34. The Morgan fingerprint density at radius 3 is 2.94 bits per heavy atom.